The molecule has 4 rings (SSSR count). The normalized spacial score (nSPS) is 18.4. The van der Waals surface area contributed by atoms with E-state index in [-0.39, 0.29) is 27.8 Å². The highest BCUT2D eigenvalue weighted by molar-refractivity contribution is 6.41. The van der Waals surface area contributed by atoms with Crippen molar-refractivity contribution in [1.82, 2.24) is 9.78 Å². The van der Waals surface area contributed by atoms with Crippen molar-refractivity contribution in [3.05, 3.63) is 85.5 Å². The highest BCUT2D eigenvalue weighted by Crippen LogP contribution is 2.44. The van der Waals surface area contributed by atoms with Gasteiger partial charge in [-0.25, -0.2) is 4.39 Å². The Morgan fingerprint density at radius 3 is 2.67 bits per heavy atom. The standard InChI is InChI=1S/C19H13Cl3FN3O/c20-14-7-12(26-19(27)18(22)15(21)9-24-26)4-5-16(14)25-17-8-13(17)10-2-1-3-11(23)6-10/h1-7,9,13,17,25H,8H2/t13-,17-/m1/s1. The molecule has 1 aromatic heterocycles. The van der Waals surface area contributed by atoms with Crippen LogP contribution in [0.1, 0.15) is 17.9 Å². The van der Waals surface area contributed by atoms with Crippen LogP contribution in [0.5, 0.6) is 0 Å². The van der Waals surface area contributed by atoms with Crippen molar-refractivity contribution in [1.29, 1.82) is 0 Å². The summed E-state index contributed by atoms with van der Waals surface area (Å²) in [6.07, 6.45) is 2.20. The predicted molar refractivity (Wildman–Crippen MR) is 106 cm³/mol. The van der Waals surface area contributed by atoms with Gasteiger partial charge in [-0.1, -0.05) is 46.9 Å². The Balaban J connectivity index is 1.54. The summed E-state index contributed by atoms with van der Waals surface area (Å²) in [6.45, 7) is 0. The molecule has 27 heavy (non-hydrogen) atoms. The highest BCUT2D eigenvalue weighted by atomic mass is 35.5. The molecule has 0 spiro atoms. The fourth-order valence-corrected chi connectivity index (χ4v) is 3.49. The molecule has 4 nitrogen and oxygen atoms in total. The van der Waals surface area contributed by atoms with Crippen LogP contribution in [0.4, 0.5) is 10.1 Å². The number of benzene rings is 2. The Bertz CT molecular complexity index is 1090. The molecule has 1 N–H and O–H groups in total. The minimum Gasteiger partial charge on any atom is -0.380 e. The Hall–Kier alpha value is -2.08. The lowest BCUT2D eigenvalue weighted by Crippen LogP contribution is -2.21. The number of nitrogens with zero attached hydrogens (tertiary/aromatic N) is 2. The van der Waals surface area contributed by atoms with E-state index in [4.69, 9.17) is 34.8 Å². The van der Waals surface area contributed by atoms with Gasteiger partial charge in [0.1, 0.15) is 10.8 Å². The molecule has 0 saturated heterocycles. The molecule has 138 valence electrons. The van der Waals surface area contributed by atoms with Crippen molar-refractivity contribution in [3.63, 3.8) is 0 Å². The van der Waals surface area contributed by atoms with E-state index >= 15 is 0 Å². The first kappa shape index (κ1) is 18.3. The quantitative estimate of drug-likeness (QED) is 0.618. The van der Waals surface area contributed by atoms with E-state index in [1.54, 1.807) is 30.3 Å². The Kier molecular flexibility index (Phi) is 4.84. The molecule has 3 aromatic rings. The van der Waals surface area contributed by atoms with E-state index in [0.29, 0.717) is 10.7 Å². The van der Waals surface area contributed by atoms with Crippen molar-refractivity contribution in [2.75, 3.05) is 5.32 Å². The number of hydrogen-bond donors (Lipinski definition) is 1. The van der Waals surface area contributed by atoms with Gasteiger partial charge in [0.25, 0.3) is 5.56 Å². The smallest absolute Gasteiger partial charge is 0.291 e. The molecule has 1 fully saturated rings. The van der Waals surface area contributed by atoms with Crippen molar-refractivity contribution in [2.24, 2.45) is 0 Å². The molecule has 8 heteroatoms. The average Bonchev–Trinajstić information content (AvgIpc) is 3.41. The van der Waals surface area contributed by atoms with Gasteiger partial charge in [-0.2, -0.15) is 9.78 Å². The van der Waals surface area contributed by atoms with Crippen LogP contribution in [-0.2, 0) is 0 Å². The summed E-state index contributed by atoms with van der Waals surface area (Å²) >= 11 is 18.1. The zero-order valence-corrected chi connectivity index (χ0v) is 16.1. The Labute approximate surface area is 169 Å². The fraction of sp³-hybridized carbons (Fsp3) is 0.158. The molecule has 2 aromatic carbocycles. The number of aromatic nitrogens is 2. The van der Waals surface area contributed by atoms with Crippen molar-refractivity contribution in [3.8, 4) is 5.69 Å². The zero-order chi connectivity index (χ0) is 19.1. The van der Waals surface area contributed by atoms with E-state index in [2.05, 4.69) is 10.4 Å². The Morgan fingerprint density at radius 1 is 1.11 bits per heavy atom. The van der Waals surface area contributed by atoms with Gasteiger partial charge in [0, 0.05) is 12.0 Å². The van der Waals surface area contributed by atoms with Crippen LogP contribution in [0.3, 0.4) is 0 Å². The SMILES string of the molecule is O=c1c(Cl)c(Cl)cnn1-c1ccc(N[C@@H]2C[C@@H]2c2cccc(F)c2)c(Cl)c1. The second kappa shape index (κ2) is 7.15. The van der Waals surface area contributed by atoms with Crippen molar-refractivity contribution < 1.29 is 4.39 Å². The number of halogens is 4. The average molecular weight is 425 g/mol. The third-order valence-corrected chi connectivity index (χ3v) is 5.54. The third-order valence-electron chi connectivity index (χ3n) is 4.48. The molecule has 0 aliphatic heterocycles. The molecule has 0 radical (unpaired) electrons. The van der Waals surface area contributed by atoms with Crippen LogP contribution < -0.4 is 10.9 Å². The summed E-state index contributed by atoms with van der Waals surface area (Å²) in [7, 11) is 0. The van der Waals surface area contributed by atoms with E-state index in [1.165, 1.54) is 12.3 Å². The minimum atomic E-state index is -0.519. The van der Waals surface area contributed by atoms with Gasteiger partial charge in [-0.05, 0) is 42.3 Å². The molecule has 0 bridgehead atoms. The summed E-state index contributed by atoms with van der Waals surface area (Å²) < 4.78 is 14.5. The maximum atomic E-state index is 13.4. The predicted octanol–water partition coefficient (Wildman–Crippen LogP) is 5.30. The maximum absolute atomic E-state index is 13.4. The van der Waals surface area contributed by atoms with Gasteiger partial charge in [-0.15, -0.1) is 0 Å². The lowest BCUT2D eigenvalue weighted by atomic mass is 10.1. The molecule has 0 amide bonds. The monoisotopic (exact) mass is 423 g/mol. The number of hydrogen-bond acceptors (Lipinski definition) is 3. The van der Waals surface area contributed by atoms with Gasteiger partial charge in [0.2, 0.25) is 0 Å². The van der Waals surface area contributed by atoms with Gasteiger partial charge in [0.15, 0.2) is 0 Å². The largest absolute Gasteiger partial charge is 0.380 e. The van der Waals surface area contributed by atoms with Crippen LogP contribution in [-0.4, -0.2) is 15.8 Å². The van der Waals surface area contributed by atoms with E-state index in [0.717, 1.165) is 22.4 Å². The molecule has 1 heterocycles. The molecule has 2 atom stereocenters. The number of anilines is 1. The second-order valence-corrected chi connectivity index (χ2v) is 7.53. The van der Waals surface area contributed by atoms with Crippen LogP contribution in [0, 0.1) is 5.82 Å². The molecule has 0 unspecified atom stereocenters. The molecule has 1 aliphatic rings. The Morgan fingerprint density at radius 2 is 1.93 bits per heavy atom. The first-order chi connectivity index (χ1) is 12.9. The van der Waals surface area contributed by atoms with Crippen molar-refractivity contribution in [2.45, 2.75) is 18.4 Å². The van der Waals surface area contributed by atoms with E-state index in [1.807, 2.05) is 6.07 Å². The molecular formula is C19H13Cl3FN3O. The van der Waals surface area contributed by atoms with Crippen molar-refractivity contribution >= 4 is 40.5 Å². The summed E-state index contributed by atoms with van der Waals surface area (Å²) in [6, 6.07) is 11.9. The maximum Gasteiger partial charge on any atom is 0.291 e. The van der Waals surface area contributed by atoms with Gasteiger partial charge >= 0.3 is 0 Å². The lowest BCUT2D eigenvalue weighted by molar-refractivity contribution is 0.625. The van der Waals surface area contributed by atoms with Gasteiger partial charge < -0.3 is 5.32 Å². The molecule has 1 saturated carbocycles. The third kappa shape index (κ3) is 3.68. The summed E-state index contributed by atoms with van der Waals surface area (Å²) in [5.74, 6) is 0.0101. The number of nitrogens with one attached hydrogen (secondary N) is 1. The van der Waals surface area contributed by atoms with E-state index in [9.17, 15) is 9.18 Å². The van der Waals surface area contributed by atoms with Gasteiger partial charge in [-0.3, -0.25) is 4.79 Å². The first-order valence-corrected chi connectivity index (χ1v) is 9.32. The summed E-state index contributed by atoms with van der Waals surface area (Å²) in [5, 5.41) is 7.78. The minimum absolute atomic E-state index is 0.0964. The lowest BCUT2D eigenvalue weighted by Gasteiger charge is -2.11. The van der Waals surface area contributed by atoms with Crippen LogP contribution >= 0.6 is 34.8 Å². The van der Waals surface area contributed by atoms with Gasteiger partial charge in [0.05, 0.1) is 27.6 Å². The zero-order valence-electron chi connectivity index (χ0n) is 13.8. The summed E-state index contributed by atoms with van der Waals surface area (Å²) in [4.78, 5) is 12.2. The number of rotatable bonds is 4. The van der Waals surface area contributed by atoms with E-state index < -0.39 is 5.56 Å². The highest BCUT2D eigenvalue weighted by Gasteiger charge is 2.38. The van der Waals surface area contributed by atoms with Crippen LogP contribution in [0.25, 0.3) is 5.69 Å². The molecule has 1 aliphatic carbocycles. The second-order valence-electron chi connectivity index (χ2n) is 6.34. The van der Waals surface area contributed by atoms with Crippen LogP contribution in [0.2, 0.25) is 15.1 Å². The fourth-order valence-electron chi connectivity index (χ4n) is 3.01. The molecular weight excluding hydrogens is 412 g/mol. The van der Waals surface area contributed by atoms with Crippen LogP contribution in [0.15, 0.2) is 53.5 Å². The summed E-state index contributed by atoms with van der Waals surface area (Å²) in [5.41, 5.74) is 1.66. The topological polar surface area (TPSA) is 46.9 Å². The first-order valence-electron chi connectivity index (χ1n) is 8.19.